The maximum Gasteiger partial charge on any atom is 0.338 e. The van der Waals surface area contributed by atoms with Crippen LogP contribution in [-0.2, 0) is 9.53 Å². The lowest BCUT2D eigenvalue weighted by Crippen LogP contribution is -2.22. The van der Waals surface area contributed by atoms with Crippen molar-refractivity contribution in [2.45, 2.75) is 20.3 Å². The number of nitrogens with zero attached hydrogens (tertiary/aromatic N) is 2. The lowest BCUT2D eigenvalue weighted by Gasteiger charge is -2.13. The number of anilines is 1. The highest BCUT2D eigenvalue weighted by molar-refractivity contribution is 5.95. The number of carbonyl (C=O) groups excluding carboxylic acids is 2. The standard InChI is InChI=1S/C21H27N3O7/c1-13(2)8-9-30-15-7-6-14(10-16(15)27-3)20(26)31-12-17(25)22-21-23-18(28-4)11-19(24-21)29-5/h6-7,10-11,13H,8-9,12H2,1-5H3,(H,22,23,24,25). The quantitative estimate of drug-likeness (QED) is 0.534. The van der Waals surface area contributed by atoms with E-state index in [0.717, 1.165) is 6.42 Å². The van der Waals surface area contributed by atoms with Gasteiger partial charge in [-0.15, -0.1) is 0 Å². The van der Waals surface area contributed by atoms with Gasteiger partial charge in [-0.1, -0.05) is 13.8 Å². The molecular weight excluding hydrogens is 406 g/mol. The van der Waals surface area contributed by atoms with Crippen molar-refractivity contribution < 1.29 is 33.3 Å². The van der Waals surface area contributed by atoms with Crippen LogP contribution in [0.3, 0.4) is 0 Å². The van der Waals surface area contributed by atoms with Crippen LogP contribution in [0.1, 0.15) is 30.6 Å². The van der Waals surface area contributed by atoms with Gasteiger partial charge in [-0.25, -0.2) is 4.79 Å². The molecule has 2 rings (SSSR count). The van der Waals surface area contributed by atoms with Crippen molar-refractivity contribution in [1.29, 1.82) is 0 Å². The van der Waals surface area contributed by atoms with E-state index in [2.05, 4.69) is 29.1 Å². The van der Waals surface area contributed by atoms with E-state index in [-0.39, 0.29) is 23.3 Å². The monoisotopic (exact) mass is 433 g/mol. The van der Waals surface area contributed by atoms with Crippen molar-refractivity contribution in [2.75, 3.05) is 39.9 Å². The zero-order valence-corrected chi connectivity index (χ0v) is 18.3. The first-order chi connectivity index (χ1) is 14.9. The molecule has 0 saturated heterocycles. The summed E-state index contributed by atoms with van der Waals surface area (Å²) in [6, 6.07) is 6.13. The van der Waals surface area contributed by atoms with Crippen LogP contribution in [0.4, 0.5) is 5.95 Å². The van der Waals surface area contributed by atoms with Gasteiger partial charge in [0.1, 0.15) is 0 Å². The van der Waals surface area contributed by atoms with Crippen LogP contribution in [0.2, 0.25) is 0 Å². The Hall–Kier alpha value is -3.56. The number of amides is 1. The van der Waals surface area contributed by atoms with Gasteiger partial charge in [0.25, 0.3) is 5.91 Å². The Morgan fingerprint density at radius 1 is 0.968 bits per heavy atom. The number of benzene rings is 1. The minimum absolute atomic E-state index is 0.0400. The van der Waals surface area contributed by atoms with E-state index in [1.165, 1.54) is 33.5 Å². The van der Waals surface area contributed by atoms with Gasteiger partial charge in [0.05, 0.1) is 39.6 Å². The minimum atomic E-state index is -0.689. The van der Waals surface area contributed by atoms with Gasteiger partial charge in [-0.3, -0.25) is 10.1 Å². The van der Waals surface area contributed by atoms with Gasteiger partial charge in [-0.05, 0) is 30.5 Å². The maximum atomic E-state index is 12.3. The third kappa shape index (κ3) is 7.32. The van der Waals surface area contributed by atoms with Crippen molar-refractivity contribution in [3.8, 4) is 23.3 Å². The van der Waals surface area contributed by atoms with Crippen LogP contribution < -0.4 is 24.3 Å². The lowest BCUT2D eigenvalue weighted by atomic mass is 10.1. The topological polar surface area (TPSA) is 118 Å². The molecule has 0 spiro atoms. The summed E-state index contributed by atoms with van der Waals surface area (Å²) in [5, 5.41) is 2.42. The highest BCUT2D eigenvalue weighted by Crippen LogP contribution is 2.28. The Balaban J connectivity index is 1.95. The van der Waals surface area contributed by atoms with Crippen molar-refractivity contribution in [3.63, 3.8) is 0 Å². The van der Waals surface area contributed by atoms with Crippen LogP contribution in [0.15, 0.2) is 24.3 Å². The third-order valence-corrected chi connectivity index (χ3v) is 4.04. The van der Waals surface area contributed by atoms with E-state index in [1.807, 2.05) is 0 Å². The average molecular weight is 433 g/mol. The molecule has 2 aromatic rings. The lowest BCUT2D eigenvalue weighted by molar-refractivity contribution is -0.119. The van der Waals surface area contributed by atoms with Crippen LogP contribution in [0.25, 0.3) is 0 Å². The Labute approximate surface area is 180 Å². The third-order valence-electron chi connectivity index (χ3n) is 4.04. The van der Waals surface area contributed by atoms with Gasteiger partial charge in [0.2, 0.25) is 17.7 Å². The first-order valence-corrected chi connectivity index (χ1v) is 9.61. The van der Waals surface area contributed by atoms with Crippen LogP contribution in [0, 0.1) is 5.92 Å². The van der Waals surface area contributed by atoms with Crippen LogP contribution in [0.5, 0.6) is 23.3 Å². The number of methoxy groups -OCH3 is 3. The van der Waals surface area contributed by atoms with Gasteiger partial charge in [0.15, 0.2) is 18.1 Å². The number of esters is 1. The summed E-state index contributed by atoms with van der Waals surface area (Å²) in [6.07, 6.45) is 0.894. The normalized spacial score (nSPS) is 10.4. The molecule has 0 radical (unpaired) electrons. The molecule has 10 heteroatoms. The predicted molar refractivity (Wildman–Crippen MR) is 112 cm³/mol. The van der Waals surface area contributed by atoms with Gasteiger partial charge in [-0.2, -0.15) is 9.97 Å². The Morgan fingerprint density at radius 3 is 2.23 bits per heavy atom. The summed E-state index contributed by atoms with van der Waals surface area (Å²) in [5.74, 6) is 0.511. The van der Waals surface area contributed by atoms with Crippen molar-refractivity contribution in [3.05, 3.63) is 29.8 Å². The molecule has 0 unspecified atom stereocenters. The summed E-state index contributed by atoms with van der Waals surface area (Å²) < 4.78 is 26.1. The van der Waals surface area contributed by atoms with E-state index >= 15 is 0 Å². The Morgan fingerprint density at radius 2 is 1.65 bits per heavy atom. The van der Waals surface area contributed by atoms with Crippen molar-refractivity contribution in [1.82, 2.24) is 9.97 Å². The molecule has 1 N–H and O–H groups in total. The number of hydrogen-bond donors (Lipinski definition) is 1. The molecule has 10 nitrogen and oxygen atoms in total. The fourth-order valence-electron chi connectivity index (χ4n) is 2.36. The smallest absolute Gasteiger partial charge is 0.338 e. The van der Waals surface area contributed by atoms with E-state index in [4.69, 9.17) is 23.7 Å². The number of carbonyl (C=O) groups is 2. The van der Waals surface area contributed by atoms with Gasteiger partial charge < -0.3 is 23.7 Å². The highest BCUT2D eigenvalue weighted by atomic mass is 16.5. The number of ether oxygens (including phenoxy) is 5. The molecule has 0 aliphatic rings. The molecule has 1 amide bonds. The molecular formula is C21H27N3O7. The van der Waals surface area contributed by atoms with Gasteiger partial charge in [0, 0.05) is 0 Å². The summed E-state index contributed by atoms with van der Waals surface area (Å²) in [6.45, 7) is 4.21. The second-order valence-corrected chi connectivity index (χ2v) is 6.80. The number of aromatic nitrogens is 2. The molecule has 1 aromatic heterocycles. The Bertz CT molecular complexity index is 880. The second-order valence-electron chi connectivity index (χ2n) is 6.80. The molecule has 0 bridgehead atoms. The molecule has 0 atom stereocenters. The highest BCUT2D eigenvalue weighted by Gasteiger charge is 2.15. The average Bonchev–Trinajstić information content (AvgIpc) is 2.76. The Kier molecular flexibility index (Phi) is 8.86. The molecule has 31 heavy (non-hydrogen) atoms. The SMILES string of the molecule is COc1cc(OC)nc(NC(=O)COC(=O)c2ccc(OCCC(C)C)c(OC)c2)n1. The molecule has 0 aliphatic heterocycles. The maximum absolute atomic E-state index is 12.3. The van der Waals surface area contributed by atoms with E-state index in [1.54, 1.807) is 12.1 Å². The minimum Gasteiger partial charge on any atom is -0.493 e. The molecule has 0 saturated carbocycles. The molecule has 0 aliphatic carbocycles. The largest absolute Gasteiger partial charge is 0.493 e. The first kappa shape index (κ1) is 23.7. The van der Waals surface area contributed by atoms with Gasteiger partial charge >= 0.3 is 5.97 Å². The van der Waals surface area contributed by atoms with Crippen molar-refractivity contribution >= 4 is 17.8 Å². The fraction of sp³-hybridized carbons (Fsp3) is 0.429. The molecule has 1 aromatic carbocycles. The van der Waals surface area contributed by atoms with Crippen molar-refractivity contribution in [2.24, 2.45) is 5.92 Å². The van der Waals surface area contributed by atoms with E-state index < -0.39 is 18.5 Å². The van der Waals surface area contributed by atoms with E-state index in [0.29, 0.717) is 24.0 Å². The van der Waals surface area contributed by atoms with Crippen LogP contribution in [-0.4, -0.2) is 56.4 Å². The fourth-order valence-corrected chi connectivity index (χ4v) is 2.36. The molecule has 0 fully saturated rings. The summed E-state index contributed by atoms with van der Waals surface area (Å²) >= 11 is 0. The molecule has 1 heterocycles. The number of hydrogen-bond acceptors (Lipinski definition) is 9. The zero-order chi connectivity index (χ0) is 22.8. The van der Waals surface area contributed by atoms with E-state index in [9.17, 15) is 9.59 Å². The first-order valence-electron chi connectivity index (χ1n) is 9.61. The number of nitrogens with one attached hydrogen (secondary N) is 1. The number of rotatable bonds is 11. The van der Waals surface area contributed by atoms with Crippen LogP contribution >= 0.6 is 0 Å². The summed E-state index contributed by atoms with van der Waals surface area (Å²) in [7, 11) is 4.32. The summed E-state index contributed by atoms with van der Waals surface area (Å²) in [4.78, 5) is 32.4. The zero-order valence-electron chi connectivity index (χ0n) is 18.3. The molecule has 168 valence electrons. The second kappa shape index (κ2) is 11.6. The summed E-state index contributed by atoms with van der Waals surface area (Å²) in [5.41, 5.74) is 0.222. The predicted octanol–water partition coefficient (Wildman–Crippen LogP) is 2.72.